The standard InChI is InChI=1S/C19H29N3O4S/c1-15-5-8-17(27(25,26)22-9-3-2-4-10-22)13-18(15)20-19(24)14-21(11-12-23)16-6-7-16/h5,8,13,16,23H,2-4,6-7,9-12,14H2,1H3,(H,20,24). The van der Waals surface area contributed by atoms with Crippen LogP contribution in [0.5, 0.6) is 0 Å². The first-order valence-corrected chi connectivity index (χ1v) is 11.1. The number of benzene rings is 1. The zero-order valence-electron chi connectivity index (χ0n) is 15.9. The Bertz CT molecular complexity index is 771. The number of rotatable bonds is 8. The van der Waals surface area contributed by atoms with Gasteiger partial charge in [0.05, 0.1) is 18.0 Å². The van der Waals surface area contributed by atoms with Crippen molar-refractivity contribution in [2.45, 2.75) is 50.0 Å². The molecule has 0 spiro atoms. The van der Waals surface area contributed by atoms with Gasteiger partial charge in [0.15, 0.2) is 0 Å². The number of hydrogen-bond donors (Lipinski definition) is 2. The Labute approximate surface area is 161 Å². The molecule has 1 aliphatic carbocycles. The summed E-state index contributed by atoms with van der Waals surface area (Å²) in [7, 11) is -3.53. The van der Waals surface area contributed by atoms with Crippen LogP contribution in [-0.2, 0) is 14.8 Å². The number of hydrogen-bond acceptors (Lipinski definition) is 5. The molecule has 1 aliphatic heterocycles. The number of anilines is 1. The van der Waals surface area contributed by atoms with Gasteiger partial charge in [0.1, 0.15) is 0 Å². The lowest BCUT2D eigenvalue weighted by Gasteiger charge is -2.26. The van der Waals surface area contributed by atoms with Crippen LogP contribution in [0.15, 0.2) is 23.1 Å². The maximum Gasteiger partial charge on any atom is 0.243 e. The quantitative estimate of drug-likeness (QED) is 0.697. The number of amides is 1. The van der Waals surface area contributed by atoms with Crippen molar-refractivity contribution in [1.82, 2.24) is 9.21 Å². The third-order valence-electron chi connectivity index (χ3n) is 5.23. The van der Waals surface area contributed by atoms with E-state index in [0.717, 1.165) is 37.7 Å². The van der Waals surface area contributed by atoms with Crippen molar-refractivity contribution in [2.75, 3.05) is 38.1 Å². The van der Waals surface area contributed by atoms with Gasteiger partial charge in [-0.15, -0.1) is 0 Å². The average Bonchev–Trinajstić information content (AvgIpc) is 3.49. The van der Waals surface area contributed by atoms with Gasteiger partial charge in [-0.05, 0) is 50.3 Å². The molecular formula is C19H29N3O4S. The van der Waals surface area contributed by atoms with Crippen molar-refractivity contribution in [3.63, 3.8) is 0 Å². The van der Waals surface area contributed by atoms with Crippen LogP contribution >= 0.6 is 0 Å². The van der Waals surface area contributed by atoms with Gasteiger partial charge in [0, 0.05) is 31.4 Å². The number of sulfonamides is 1. The lowest BCUT2D eigenvalue weighted by molar-refractivity contribution is -0.117. The highest BCUT2D eigenvalue weighted by Crippen LogP contribution is 2.27. The predicted octanol–water partition coefficient (Wildman–Crippen LogP) is 1.56. The second-order valence-electron chi connectivity index (χ2n) is 7.41. The van der Waals surface area contributed by atoms with Crippen LogP contribution in [0.25, 0.3) is 0 Å². The fraction of sp³-hybridized carbons (Fsp3) is 0.632. The summed E-state index contributed by atoms with van der Waals surface area (Å²) in [5.41, 5.74) is 1.35. The minimum atomic E-state index is -3.53. The molecule has 8 heteroatoms. The summed E-state index contributed by atoms with van der Waals surface area (Å²) in [6, 6.07) is 5.27. The first kappa shape index (κ1) is 20.3. The lowest BCUT2D eigenvalue weighted by atomic mass is 10.2. The van der Waals surface area contributed by atoms with Gasteiger partial charge in [0.25, 0.3) is 0 Å². The number of piperidine rings is 1. The molecule has 27 heavy (non-hydrogen) atoms. The van der Waals surface area contributed by atoms with E-state index in [1.807, 2.05) is 11.8 Å². The van der Waals surface area contributed by atoms with Gasteiger partial charge in [-0.3, -0.25) is 9.69 Å². The van der Waals surface area contributed by atoms with E-state index in [2.05, 4.69) is 5.32 Å². The Morgan fingerprint density at radius 3 is 2.59 bits per heavy atom. The van der Waals surface area contributed by atoms with E-state index < -0.39 is 10.0 Å². The van der Waals surface area contributed by atoms with E-state index in [9.17, 15) is 13.2 Å². The highest BCUT2D eigenvalue weighted by Gasteiger charge is 2.30. The van der Waals surface area contributed by atoms with Gasteiger partial charge in [-0.1, -0.05) is 12.5 Å². The Hall–Kier alpha value is -1.48. The molecule has 0 aromatic heterocycles. The first-order chi connectivity index (χ1) is 12.9. The smallest absolute Gasteiger partial charge is 0.243 e. The van der Waals surface area contributed by atoms with E-state index in [-0.39, 0.29) is 24.0 Å². The van der Waals surface area contributed by atoms with E-state index >= 15 is 0 Å². The molecule has 0 bridgehead atoms. The zero-order chi connectivity index (χ0) is 19.4. The van der Waals surface area contributed by atoms with E-state index in [4.69, 9.17) is 5.11 Å². The molecule has 1 aromatic rings. The summed E-state index contributed by atoms with van der Waals surface area (Å²) in [6.45, 7) is 3.64. The molecule has 150 valence electrons. The number of nitrogens with one attached hydrogen (secondary N) is 1. The fourth-order valence-corrected chi connectivity index (χ4v) is 5.03. The highest BCUT2D eigenvalue weighted by molar-refractivity contribution is 7.89. The molecule has 2 N–H and O–H groups in total. The summed E-state index contributed by atoms with van der Waals surface area (Å²) in [5, 5.41) is 12.0. The third kappa shape index (κ3) is 5.07. The molecule has 0 atom stereocenters. The van der Waals surface area contributed by atoms with Crippen LogP contribution in [0.1, 0.15) is 37.7 Å². The second kappa shape index (κ2) is 8.68. The average molecular weight is 396 g/mol. The van der Waals surface area contributed by atoms with Gasteiger partial charge < -0.3 is 10.4 Å². The zero-order valence-corrected chi connectivity index (χ0v) is 16.7. The monoisotopic (exact) mass is 395 g/mol. The second-order valence-corrected chi connectivity index (χ2v) is 9.35. The number of aliphatic hydroxyl groups excluding tert-OH is 1. The SMILES string of the molecule is Cc1ccc(S(=O)(=O)N2CCCCC2)cc1NC(=O)CN(CCO)C1CC1. The van der Waals surface area contributed by atoms with Crippen molar-refractivity contribution < 1.29 is 18.3 Å². The molecular weight excluding hydrogens is 366 g/mol. The van der Waals surface area contributed by atoms with E-state index in [1.54, 1.807) is 18.2 Å². The van der Waals surface area contributed by atoms with Crippen LogP contribution in [0.2, 0.25) is 0 Å². The normalized spacial score (nSPS) is 18.6. The van der Waals surface area contributed by atoms with Crippen molar-refractivity contribution in [2.24, 2.45) is 0 Å². The number of aryl methyl sites for hydroxylation is 1. The summed E-state index contributed by atoms with van der Waals surface area (Å²) >= 11 is 0. The number of carbonyl (C=O) groups is 1. The summed E-state index contributed by atoms with van der Waals surface area (Å²) in [5.74, 6) is -0.189. The van der Waals surface area contributed by atoms with Gasteiger partial charge in [-0.2, -0.15) is 4.31 Å². The Balaban J connectivity index is 1.72. The lowest BCUT2D eigenvalue weighted by Crippen LogP contribution is -2.37. The highest BCUT2D eigenvalue weighted by atomic mass is 32.2. The van der Waals surface area contributed by atoms with E-state index in [0.29, 0.717) is 31.4 Å². The van der Waals surface area contributed by atoms with Crippen LogP contribution in [-0.4, -0.2) is 67.5 Å². The van der Waals surface area contributed by atoms with E-state index in [1.165, 1.54) is 4.31 Å². The Morgan fingerprint density at radius 2 is 1.96 bits per heavy atom. The molecule has 7 nitrogen and oxygen atoms in total. The Morgan fingerprint density at radius 1 is 1.26 bits per heavy atom. The molecule has 0 radical (unpaired) electrons. The molecule has 1 saturated heterocycles. The first-order valence-electron chi connectivity index (χ1n) is 9.67. The molecule has 0 unspecified atom stereocenters. The Kier molecular flexibility index (Phi) is 6.52. The topological polar surface area (TPSA) is 90.0 Å². The maximum atomic E-state index is 12.9. The van der Waals surface area contributed by atoms with Crippen molar-refractivity contribution in [1.29, 1.82) is 0 Å². The van der Waals surface area contributed by atoms with Gasteiger partial charge in [0.2, 0.25) is 15.9 Å². The van der Waals surface area contributed by atoms with Crippen molar-refractivity contribution >= 4 is 21.6 Å². The van der Waals surface area contributed by atoms with Crippen LogP contribution in [0.3, 0.4) is 0 Å². The van der Waals surface area contributed by atoms with Crippen molar-refractivity contribution in [3.8, 4) is 0 Å². The molecule has 1 amide bonds. The largest absolute Gasteiger partial charge is 0.395 e. The molecule has 2 aliphatic rings. The molecule has 1 aromatic carbocycles. The molecule has 1 saturated carbocycles. The summed E-state index contributed by atoms with van der Waals surface area (Å²) in [6.07, 6.45) is 4.94. The minimum absolute atomic E-state index is 0.0202. The fourth-order valence-electron chi connectivity index (χ4n) is 3.48. The molecule has 2 fully saturated rings. The van der Waals surface area contributed by atoms with Crippen LogP contribution in [0, 0.1) is 6.92 Å². The summed E-state index contributed by atoms with van der Waals surface area (Å²) < 4.78 is 27.3. The van der Waals surface area contributed by atoms with Gasteiger partial charge in [-0.25, -0.2) is 8.42 Å². The molecule has 3 rings (SSSR count). The van der Waals surface area contributed by atoms with Gasteiger partial charge >= 0.3 is 0 Å². The van der Waals surface area contributed by atoms with Crippen molar-refractivity contribution in [3.05, 3.63) is 23.8 Å². The number of aliphatic hydroxyl groups is 1. The molecule has 1 heterocycles. The summed E-state index contributed by atoms with van der Waals surface area (Å²) in [4.78, 5) is 14.6. The van der Waals surface area contributed by atoms with Crippen LogP contribution in [0.4, 0.5) is 5.69 Å². The van der Waals surface area contributed by atoms with Crippen LogP contribution < -0.4 is 5.32 Å². The minimum Gasteiger partial charge on any atom is -0.395 e. The third-order valence-corrected chi connectivity index (χ3v) is 7.13. The maximum absolute atomic E-state index is 12.9. The number of nitrogens with zero attached hydrogens (tertiary/aromatic N) is 2. The number of carbonyl (C=O) groups excluding carboxylic acids is 1. The predicted molar refractivity (Wildman–Crippen MR) is 104 cm³/mol.